The number of carbonyl (C=O) groups is 3. The number of hydrogen-bond donors (Lipinski definition) is 2. The minimum Gasteiger partial charge on any atom is -0.480 e. The minimum absolute atomic E-state index is 0.0832. The number of carbonyl (C=O) groups excluding carboxylic acids is 2. The normalized spacial score (nSPS) is 23.0. The van der Waals surface area contributed by atoms with Crippen molar-refractivity contribution in [2.75, 3.05) is 11.4 Å². The van der Waals surface area contributed by atoms with E-state index in [1.165, 1.54) is 11.1 Å². The second kappa shape index (κ2) is 8.25. The Bertz CT molecular complexity index is 906. The van der Waals surface area contributed by atoms with Crippen LogP contribution in [0, 0.1) is 5.92 Å². The molecule has 0 radical (unpaired) electrons. The highest BCUT2D eigenvalue weighted by atomic mass is 16.4. The topological polar surface area (TPSA) is 86.7 Å². The number of amides is 2. The molecule has 30 heavy (non-hydrogen) atoms. The van der Waals surface area contributed by atoms with Gasteiger partial charge in [-0.3, -0.25) is 9.59 Å². The van der Waals surface area contributed by atoms with Gasteiger partial charge in [-0.1, -0.05) is 17.7 Å². The van der Waals surface area contributed by atoms with Crippen molar-refractivity contribution in [3.63, 3.8) is 0 Å². The predicted molar refractivity (Wildman–Crippen MR) is 114 cm³/mol. The van der Waals surface area contributed by atoms with Crippen molar-refractivity contribution in [2.45, 2.75) is 70.3 Å². The van der Waals surface area contributed by atoms with E-state index in [0.29, 0.717) is 13.0 Å². The van der Waals surface area contributed by atoms with E-state index in [0.717, 1.165) is 56.2 Å². The molecule has 160 valence electrons. The molecule has 0 spiro atoms. The lowest BCUT2D eigenvalue weighted by atomic mass is 9.86. The molecule has 1 aromatic carbocycles. The van der Waals surface area contributed by atoms with Gasteiger partial charge < -0.3 is 15.3 Å². The van der Waals surface area contributed by atoms with Crippen LogP contribution in [0.15, 0.2) is 29.8 Å². The highest BCUT2D eigenvalue weighted by molar-refractivity contribution is 6.01. The second-order valence-corrected chi connectivity index (χ2v) is 9.12. The molecule has 0 aromatic heterocycles. The lowest BCUT2D eigenvalue weighted by Crippen LogP contribution is -2.54. The van der Waals surface area contributed by atoms with Gasteiger partial charge in [-0.15, -0.1) is 0 Å². The van der Waals surface area contributed by atoms with Crippen molar-refractivity contribution >= 4 is 23.5 Å². The molecule has 1 fully saturated rings. The summed E-state index contributed by atoms with van der Waals surface area (Å²) in [5.74, 6) is -2.01. The van der Waals surface area contributed by atoms with Crippen LogP contribution < -0.4 is 10.2 Å². The highest BCUT2D eigenvalue weighted by Crippen LogP contribution is 2.31. The summed E-state index contributed by atoms with van der Waals surface area (Å²) < 4.78 is 0. The number of rotatable bonds is 6. The number of carboxylic acids is 1. The number of nitrogens with one attached hydrogen (secondary N) is 1. The number of benzene rings is 1. The molecule has 1 saturated heterocycles. The van der Waals surface area contributed by atoms with Gasteiger partial charge in [-0.25, -0.2) is 4.79 Å². The summed E-state index contributed by atoms with van der Waals surface area (Å²) in [7, 11) is 0. The van der Waals surface area contributed by atoms with E-state index in [9.17, 15) is 19.5 Å². The third-order valence-corrected chi connectivity index (χ3v) is 6.73. The van der Waals surface area contributed by atoms with Crippen LogP contribution in [-0.4, -0.2) is 35.0 Å². The zero-order valence-electron chi connectivity index (χ0n) is 17.6. The van der Waals surface area contributed by atoms with Crippen LogP contribution in [0.4, 0.5) is 5.69 Å². The first-order valence-corrected chi connectivity index (χ1v) is 11.0. The fourth-order valence-corrected chi connectivity index (χ4v) is 4.93. The van der Waals surface area contributed by atoms with Crippen molar-refractivity contribution in [1.29, 1.82) is 0 Å². The van der Waals surface area contributed by atoms with Crippen LogP contribution in [0.2, 0.25) is 0 Å². The SMILES string of the molecule is CC(CC1=CCCCC1)(NC(=O)C1CC(=O)N(c2ccc3c(c2)CCC3)C1)C(=O)O. The summed E-state index contributed by atoms with van der Waals surface area (Å²) in [6.45, 7) is 1.86. The average Bonchev–Trinajstić information content (AvgIpc) is 3.34. The summed E-state index contributed by atoms with van der Waals surface area (Å²) >= 11 is 0. The van der Waals surface area contributed by atoms with Crippen LogP contribution in [0.1, 0.15) is 63.0 Å². The Morgan fingerprint density at radius 2 is 1.97 bits per heavy atom. The first kappa shape index (κ1) is 20.6. The van der Waals surface area contributed by atoms with E-state index in [4.69, 9.17) is 0 Å². The van der Waals surface area contributed by atoms with Gasteiger partial charge in [-0.05, 0) is 75.1 Å². The van der Waals surface area contributed by atoms with E-state index >= 15 is 0 Å². The molecule has 3 aliphatic rings. The Balaban J connectivity index is 1.44. The van der Waals surface area contributed by atoms with Gasteiger partial charge in [0.05, 0.1) is 5.92 Å². The molecule has 6 heteroatoms. The molecule has 2 amide bonds. The minimum atomic E-state index is -1.36. The van der Waals surface area contributed by atoms with Crippen LogP contribution in [0.25, 0.3) is 0 Å². The zero-order valence-corrected chi connectivity index (χ0v) is 17.6. The molecule has 1 aliphatic heterocycles. The number of aliphatic carboxylic acids is 1. The predicted octanol–water partition coefficient (Wildman–Crippen LogP) is 3.38. The maximum atomic E-state index is 12.9. The van der Waals surface area contributed by atoms with Crippen molar-refractivity contribution in [3.05, 3.63) is 41.0 Å². The fraction of sp³-hybridized carbons (Fsp3) is 0.542. The zero-order chi connectivity index (χ0) is 21.3. The Labute approximate surface area is 177 Å². The summed E-state index contributed by atoms with van der Waals surface area (Å²) in [6.07, 6.45) is 9.81. The van der Waals surface area contributed by atoms with Crippen molar-refractivity contribution < 1.29 is 19.5 Å². The fourth-order valence-electron chi connectivity index (χ4n) is 4.93. The van der Waals surface area contributed by atoms with E-state index in [1.54, 1.807) is 11.8 Å². The van der Waals surface area contributed by atoms with Gasteiger partial charge in [-0.2, -0.15) is 0 Å². The van der Waals surface area contributed by atoms with Crippen molar-refractivity contribution in [3.8, 4) is 0 Å². The number of fused-ring (bicyclic) bond motifs is 1. The summed E-state index contributed by atoms with van der Waals surface area (Å²) in [6, 6.07) is 6.11. The van der Waals surface area contributed by atoms with E-state index in [-0.39, 0.29) is 18.2 Å². The van der Waals surface area contributed by atoms with Gasteiger partial charge in [0.15, 0.2) is 0 Å². The van der Waals surface area contributed by atoms with E-state index in [2.05, 4.69) is 23.5 Å². The molecular weight excluding hydrogens is 380 g/mol. The van der Waals surface area contributed by atoms with Gasteiger partial charge in [0, 0.05) is 25.1 Å². The lowest BCUT2D eigenvalue weighted by Gasteiger charge is -2.29. The van der Waals surface area contributed by atoms with Gasteiger partial charge in [0.25, 0.3) is 0 Å². The molecule has 1 heterocycles. The number of hydrogen-bond acceptors (Lipinski definition) is 3. The molecule has 2 N–H and O–H groups in total. The summed E-state index contributed by atoms with van der Waals surface area (Å²) in [4.78, 5) is 39.2. The molecule has 0 saturated carbocycles. The van der Waals surface area contributed by atoms with Crippen LogP contribution in [-0.2, 0) is 27.2 Å². The number of allylic oxidation sites excluding steroid dienone is 1. The monoisotopic (exact) mass is 410 g/mol. The van der Waals surface area contributed by atoms with Crippen molar-refractivity contribution in [1.82, 2.24) is 5.32 Å². The van der Waals surface area contributed by atoms with Crippen molar-refractivity contribution in [2.24, 2.45) is 5.92 Å². The van der Waals surface area contributed by atoms with Gasteiger partial charge in [0.2, 0.25) is 11.8 Å². The average molecular weight is 411 g/mol. The first-order chi connectivity index (χ1) is 14.4. The highest BCUT2D eigenvalue weighted by Gasteiger charge is 2.41. The van der Waals surface area contributed by atoms with Crippen LogP contribution >= 0.6 is 0 Å². The molecule has 2 unspecified atom stereocenters. The standard InChI is InChI=1S/C24H30N2O4/c1-24(23(29)30,14-16-6-3-2-4-7-16)25-22(28)19-13-21(27)26(15-19)20-11-10-17-8-5-9-18(17)12-20/h6,10-12,19H,2-5,7-9,13-15H2,1H3,(H,25,28)(H,29,30). The maximum Gasteiger partial charge on any atom is 0.329 e. The molecule has 4 rings (SSSR count). The molecule has 2 atom stereocenters. The van der Waals surface area contributed by atoms with Crippen LogP contribution in [0.5, 0.6) is 0 Å². The Morgan fingerprint density at radius 3 is 2.70 bits per heavy atom. The van der Waals surface area contributed by atoms with Gasteiger partial charge in [0.1, 0.15) is 5.54 Å². The second-order valence-electron chi connectivity index (χ2n) is 9.12. The third kappa shape index (κ3) is 4.13. The Morgan fingerprint density at radius 1 is 1.17 bits per heavy atom. The lowest BCUT2D eigenvalue weighted by molar-refractivity contribution is -0.147. The maximum absolute atomic E-state index is 12.9. The van der Waals surface area contributed by atoms with Crippen LogP contribution in [0.3, 0.4) is 0 Å². The number of carboxylic acid groups (broad SMARTS) is 1. The van der Waals surface area contributed by atoms with Gasteiger partial charge >= 0.3 is 5.97 Å². The van der Waals surface area contributed by atoms with E-state index in [1.807, 2.05) is 6.07 Å². The number of nitrogens with zero attached hydrogens (tertiary/aromatic N) is 1. The first-order valence-electron chi connectivity index (χ1n) is 11.0. The smallest absolute Gasteiger partial charge is 0.329 e. The molecule has 0 bridgehead atoms. The molecule has 2 aliphatic carbocycles. The largest absolute Gasteiger partial charge is 0.480 e. The number of anilines is 1. The Hall–Kier alpha value is -2.63. The third-order valence-electron chi connectivity index (χ3n) is 6.73. The number of aryl methyl sites for hydroxylation is 2. The summed E-state index contributed by atoms with van der Waals surface area (Å²) in [5.41, 5.74) is 3.20. The Kier molecular flexibility index (Phi) is 5.67. The molecular formula is C24H30N2O4. The molecule has 1 aromatic rings. The summed E-state index contributed by atoms with van der Waals surface area (Å²) in [5, 5.41) is 12.6. The van der Waals surface area contributed by atoms with E-state index < -0.39 is 17.4 Å². The molecule has 6 nitrogen and oxygen atoms in total. The quantitative estimate of drug-likeness (QED) is 0.704.